The van der Waals surface area contributed by atoms with Crippen LogP contribution in [-0.2, 0) is 6.42 Å². The van der Waals surface area contributed by atoms with Gasteiger partial charge in [-0.15, -0.1) is 0 Å². The Balaban J connectivity index is 2.75. The Morgan fingerprint density at radius 3 is 2.53 bits per heavy atom. The number of aryl methyl sites for hydroxylation is 1. The van der Waals surface area contributed by atoms with E-state index in [-0.39, 0.29) is 0 Å². The van der Waals surface area contributed by atoms with Crippen LogP contribution >= 0.6 is 0 Å². The second-order valence-electron chi connectivity index (χ2n) is 5.03. The van der Waals surface area contributed by atoms with Gasteiger partial charge < -0.3 is 10.2 Å². The molecule has 1 heterocycles. The van der Waals surface area contributed by atoms with Gasteiger partial charge in [0.25, 0.3) is 0 Å². The number of nitrogens with one attached hydrogen (secondary N) is 1. The molecule has 0 saturated heterocycles. The first-order valence-corrected chi connectivity index (χ1v) is 6.92. The van der Waals surface area contributed by atoms with Crippen LogP contribution in [0.15, 0.2) is 18.2 Å². The molecule has 0 bridgehead atoms. The van der Waals surface area contributed by atoms with E-state index in [4.69, 9.17) is 4.98 Å². The number of anilines is 2. The van der Waals surface area contributed by atoms with E-state index in [1.165, 1.54) is 22.3 Å². The number of fused-ring (bicyclic) bond motifs is 1. The zero-order valence-corrected chi connectivity index (χ0v) is 12.5. The van der Waals surface area contributed by atoms with Gasteiger partial charge in [0.15, 0.2) is 0 Å². The molecule has 0 atom stereocenters. The standard InChI is InChI=1S/C16H23N3/c1-6-13-11(3)18-15-9-8-12(19(4)5)10-14(15)16(13)17-7-2/h8-10H,6-7H2,1-5H3,(H,17,18). The Kier molecular flexibility index (Phi) is 3.93. The van der Waals surface area contributed by atoms with Crippen LogP contribution in [0.1, 0.15) is 25.1 Å². The molecule has 0 radical (unpaired) electrons. The van der Waals surface area contributed by atoms with Crippen molar-refractivity contribution in [3.05, 3.63) is 29.5 Å². The van der Waals surface area contributed by atoms with Crippen LogP contribution < -0.4 is 10.2 Å². The lowest BCUT2D eigenvalue weighted by Gasteiger charge is -2.18. The summed E-state index contributed by atoms with van der Waals surface area (Å²) in [6.45, 7) is 7.35. The van der Waals surface area contributed by atoms with Crippen molar-refractivity contribution in [1.29, 1.82) is 0 Å². The molecule has 19 heavy (non-hydrogen) atoms. The number of rotatable bonds is 4. The number of nitrogens with zero attached hydrogens (tertiary/aromatic N) is 2. The molecule has 0 amide bonds. The number of hydrogen-bond acceptors (Lipinski definition) is 3. The first-order valence-electron chi connectivity index (χ1n) is 6.92. The third-order valence-electron chi connectivity index (χ3n) is 3.50. The van der Waals surface area contributed by atoms with E-state index in [0.717, 1.165) is 24.2 Å². The molecular formula is C16H23N3. The van der Waals surface area contributed by atoms with Gasteiger partial charge in [0.05, 0.1) is 5.52 Å². The summed E-state index contributed by atoms with van der Waals surface area (Å²) >= 11 is 0. The molecule has 1 N–H and O–H groups in total. The fourth-order valence-corrected chi connectivity index (χ4v) is 2.50. The minimum Gasteiger partial charge on any atom is -0.384 e. The summed E-state index contributed by atoms with van der Waals surface area (Å²) in [5, 5.41) is 4.74. The number of aromatic nitrogens is 1. The van der Waals surface area contributed by atoms with Gasteiger partial charge in [0.2, 0.25) is 0 Å². The highest BCUT2D eigenvalue weighted by atomic mass is 15.1. The van der Waals surface area contributed by atoms with E-state index in [2.05, 4.69) is 63.3 Å². The SMILES string of the molecule is CCNc1c(CC)c(C)nc2ccc(N(C)C)cc12. The lowest BCUT2D eigenvalue weighted by molar-refractivity contribution is 1.06. The Morgan fingerprint density at radius 1 is 1.21 bits per heavy atom. The first kappa shape index (κ1) is 13.7. The molecule has 3 nitrogen and oxygen atoms in total. The summed E-state index contributed by atoms with van der Waals surface area (Å²) in [7, 11) is 4.13. The van der Waals surface area contributed by atoms with Crippen molar-refractivity contribution in [2.24, 2.45) is 0 Å². The smallest absolute Gasteiger partial charge is 0.0727 e. The van der Waals surface area contributed by atoms with Gasteiger partial charge in [-0.3, -0.25) is 4.98 Å². The van der Waals surface area contributed by atoms with E-state index in [1.807, 2.05) is 0 Å². The highest BCUT2D eigenvalue weighted by Crippen LogP contribution is 2.31. The largest absolute Gasteiger partial charge is 0.384 e. The highest BCUT2D eigenvalue weighted by Gasteiger charge is 2.11. The summed E-state index contributed by atoms with van der Waals surface area (Å²) in [4.78, 5) is 6.86. The maximum atomic E-state index is 4.73. The predicted molar refractivity (Wildman–Crippen MR) is 84.3 cm³/mol. The average molecular weight is 257 g/mol. The molecule has 0 fully saturated rings. The normalized spacial score (nSPS) is 10.8. The van der Waals surface area contributed by atoms with Gasteiger partial charge in [-0.25, -0.2) is 0 Å². The molecule has 0 spiro atoms. The number of pyridine rings is 1. The number of hydrogen-bond donors (Lipinski definition) is 1. The van der Waals surface area contributed by atoms with Gasteiger partial charge in [0, 0.05) is 43.1 Å². The molecule has 0 aliphatic heterocycles. The van der Waals surface area contributed by atoms with E-state index < -0.39 is 0 Å². The third kappa shape index (κ3) is 2.50. The summed E-state index contributed by atoms with van der Waals surface area (Å²) in [6.07, 6.45) is 1.00. The van der Waals surface area contributed by atoms with Gasteiger partial charge in [-0.1, -0.05) is 6.92 Å². The van der Waals surface area contributed by atoms with Crippen molar-refractivity contribution in [2.45, 2.75) is 27.2 Å². The molecule has 102 valence electrons. The molecular weight excluding hydrogens is 234 g/mol. The fourth-order valence-electron chi connectivity index (χ4n) is 2.50. The van der Waals surface area contributed by atoms with Crippen LogP contribution in [0, 0.1) is 6.92 Å². The molecule has 0 unspecified atom stereocenters. The molecule has 0 saturated carbocycles. The van der Waals surface area contributed by atoms with Crippen LogP contribution in [0.3, 0.4) is 0 Å². The summed E-state index contributed by atoms with van der Waals surface area (Å²) in [6, 6.07) is 6.45. The van der Waals surface area contributed by atoms with Gasteiger partial charge in [-0.2, -0.15) is 0 Å². The van der Waals surface area contributed by atoms with Gasteiger partial charge >= 0.3 is 0 Å². The second kappa shape index (κ2) is 5.47. The van der Waals surface area contributed by atoms with E-state index in [0.29, 0.717) is 0 Å². The summed E-state index contributed by atoms with van der Waals surface area (Å²) in [5.41, 5.74) is 5.97. The Hall–Kier alpha value is -1.77. The molecule has 1 aromatic carbocycles. The minimum absolute atomic E-state index is 0.928. The molecule has 0 aliphatic carbocycles. The van der Waals surface area contributed by atoms with E-state index >= 15 is 0 Å². The van der Waals surface area contributed by atoms with Crippen LogP contribution in [-0.4, -0.2) is 25.6 Å². The van der Waals surface area contributed by atoms with E-state index in [9.17, 15) is 0 Å². The average Bonchev–Trinajstić information content (AvgIpc) is 2.38. The fraction of sp³-hybridized carbons (Fsp3) is 0.438. The maximum absolute atomic E-state index is 4.73. The van der Waals surface area contributed by atoms with Gasteiger partial charge in [-0.05, 0) is 44.0 Å². The van der Waals surface area contributed by atoms with Crippen molar-refractivity contribution in [2.75, 3.05) is 30.9 Å². The third-order valence-corrected chi connectivity index (χ3v) is 3.50. The summed E-state index contributed by atoms with van der Waals surface area (Å²) in [5.74, 6) is 0. The lowest BCUT2D eigenvalue weighted by Crippen LogP contribution is -2.09. The van der Waals surface area contributed by atoms with Gasteiger partial charge in [0.1, 0.15) is 0 Å². The Bertz CT molecular complexity index is 588. The quantitative estimate of drug-likeness (QED) is 0.907. The Labute approximate surface area is 115 Å². The zero-order valence-electron chi connectivity index (χ0n) is 12.5. The number of benzene rings is 1. The predicted octanol–water partition coefficient (Wildman–Crippen LogP) is 3.60. The molecule has 2 rings (SSSR count). The van der Waals surface area contributed by atoms with Crippen molar-refractivity contribution < 1.29 is 0 Å². The minimum atomic E-state index is 0.928. The van der Waals surface area contributed by atoms with Crippen molar-refractivity contribution >= 4 is 22.3 Å². The van der Waals surface area contributed by atoms with E-state index in [1.54, 1.807) is 0 Å². The topological polar surface area (TPSA) is 28.2 Å². The monoisotopic (exact) mass is 257 g/mol. The first-order chi connectivity index (χ1) is 9.08. The van der Waals surface area contributed by atoms with Crippen LogP contribution in [0.5, 0.6) is 0 Å². The molecule has 0 aliphatic rings. The molecule has 3 heteroatoms. The van der Waals surface area contributed by atoms with Crippen molar-refractivity contribution in [1.82, 2.24) is 4.98 Å². The molecule has 1 aromatic heterocycles. The lowest BCUT2D eigenvalue weighted by atomic mass is 10.0. The van der Waals surface area contributed by atoms with Crippen molar-refractivity contribution in [3.63, 3.8) is 0 Å². The van der Waals surface area contributed by atoms with Crippen LogP contribution in [0.25, 0.3) is 10.9 Å². The summed E-state index contributed by atoms with van der Waals surface area (Å²) < 4.78 is 0. The molecule has 2 aromatic rings. The highest BCUT2D eigenvalue weighted by molar-refractivity contribution is 5.95. The second-order valence-corrected chi connectivity index (χ2v) is 5.03. The van der Waals surface area contributed by atoms with Crippen molar-refractivity contribution in [3.8, 4) is 0 Å². The maximum Gasteiger partial charge on any atom is 0.0727 e. The zero-order chi connectivity index (χ0) is 14.0. The van der Waals surface area contributed by atoms with Crippen LogP contribution in [0.4, 0.5) is 11.4 Å². The Morgan fingerprint density at radius 2 is 1.95 bits per heavy atom. The van der Waals surface area contributed by atoms with Crippen LogP contribution in [0.2, 0.25) is 0 Å².